The van der Waals surface area contributed by atoms with E-state index in [0.29, 0.717) is 10.8 Å². The van der Waals surface area contributed by atoms with Crippen LogP contribution in [0.2, 0.25) is 0 Å². The van der Waals surface area contributed by atoms with E-state index in [9.17, 15) is 10.1 Å². The lowest BCUT2D eigenvalue weighted by molar-refractivity contribution is 0.0898. The van der Waals surface area contributed by atoms with Crippen LogP contribution in [0.4, 0.5) is 0 Å². The van der Waals surface area contributed by atoms with Gasteiger partial charge in [-0.1, -0.05) is 6.92 Å². The van der Waals surface area contributed by atoms with Crippen LogP contribution in [-0.2, 0) is 0 Å². The van der Waals surface area contributed by atoms with E-state index in [1.165, 1.54) is 11.3 Å². The molecule has 1 N–H and O–H groups in total. The number of aryl methyl sites for hydroxylation is 1. The maximum Gasteiger partial charge on any atom is 0.262 e. The predicted molar refractivity (Wildman–Crippen MR) is 72.5 cm³/mol. The van der Waals surface area contributed by atoms with Crippen molar-refractivity contribution in [2.24, 2.45) is 5.92 Å². The van der Waals surface area contributed by atoms with E-state index < -0.39 is 5.54 Å². The Labute approximate surface area is 112 Å². The number of rotatable bonds is 2. The van der Waals surface area contributed by atoms with Crippen molar-refractivity contribution in [3.63, 3.8) is 0 Å². The van der Waals surface area contributed by atoms with Crippen LogP contribution in [0, 0.1) is 24.2 Å². The summed E-state index contributed by atoms with van der Waals surface area (Å²) in [5.74, 6) is 0.552. The van der Waals surface area contributed by atoms with Crippen molar-refractivity contribution in [3.8, 4) is 6.07 Å². The molecule has 0 atom stereocenters. The fourth-order valence-corrected chi connectivity index (χ4v) is 3.12. The Hall–Kier alpha value is -1.34. The standard InChI is InChI=1S/C14H18N2OS/c1-10-5-7-14(9-15,8-6-10)16-13(17)12-4-3-11(2)18-12/h3-4,10H,5-8H2,1-2H3,(H,16,17). The summed E-state index contributed by atoms with van der Waals surface area (Å²) >= 11 is 1.47. The van der Waals surface area contributed by atoms with Gasteiger partial charge in [-0.3, -0.25) is 4.79 Å². The van der Waals surface area contributed by atoms with Gasteiger partial charge in [0.15, 0.2) is 0 Å². The van der Waals surface area contributed by atoms with E-state index >= 15 is 0 Å². The molecule has 1 aliphatic carbocycles. The van der Waals surface area contributed by atoms with Crippen molar-refractivity contribution in [3.05, 3.63) is 21.9 Å². The van der Waals surface area contributed by atoms with E-state index in [4.69, 9.17) is 0 Å². The molecule has 1 heterocycles. The zero-order valence-electron chi connectivity index (χ0n) is 10.8. The smallest absolute Gasteiger partial charge is 0.262 e. The molecular weight excluding hydrogens is 244 g/mol. The number of amides is 1. The Bertz CT molecular complexity index is 478. The lowest BCUT2D eigenvalue weighted by atomic mass is 9.78. The minimum atomic E-state index is -0.651. The summed E-state index contributed by atoms with van der Waals surface area (Å²) in [6, 6.07) is 6.08. The Morgan fingerprint density at radius 1 is 1.50 bits per heavy atom. The lowest BCUT2D eigenvalue weighted by Crippen LogP contribution is -2.49. The van der Waals surface area contributed by atoms with Crippen molar-refractivity contribution in [1.29, 1.82) is 5.26 Å². The highest BCUT2D eigenvalue weighted by Gasteiger charge is 2.36. The van der Waals surface area contributed by atoms with E-state index in [1.807, 2.05) is 19.1 Å². The summed E-state index contributed by atoms with van der Waals surface area (Å²) in [6.07, 6.45) is 3.55. The van der Waals surface area contributed by atoms with Gasteiger partial charge in [-0.05, 0) is 50.7 Å². The highest BCUT2D eigenvalue weighted by molar-refractivity contribution is 7.13. The molecule has 1 aromatic rings. The molecule has 0 bridgehead atoms. The molecule has 0 radical (unpaired) electrons. The number of carbonyl (C=O) groups is 1. The average molecular weight is 262 g/mol. The highest BCUT2D eigenvalue weighted by atomic mass is 32.1. The SMILES string of the molecule is Cc1ccc(C(=O)NC2(C#N)CCC(C)CC2)s1. The number of nitrogens with one attached hydrogen (secondary N) is 1. The van der Waals surface area contributed by atoms with Gasteiger partial charge >= 0.3 is 0 Å². The minimum Gasteiger partial charge on any atom is -0.333 e. The van der Waals surface area contributed by atoms with Crippen LogP contribution in [0.15, 0.2) is 12.1 Å². The molecule has 0 aromatic carbocycles. The largest absolute Gasteiger partial charge is 0.333 e. The monoisotopic (exact) mass is 262 g/mol. The van der Waals surface area contributed by atoms with E-state index in [0.717, 1.165) is 30.6 Å². The average Bonchev–Trinajstić information content (AvgIpc) is 2.79. The topological polar surface area (TPSA) is 52.9 Å². The summed E-state index contributed by atoms with van der Waals surface area (Å²) in [4.78, 5) is 13.9. The van der Waals surface area contributed by atoms with Crippen LogP contribution < -0.4 is 5.32 Å². The van der Waals surface area contributed by atoms with Gasteiger partial charge in [0.1, 0.15) is 5.54 Å². The molecule has 18 heavy (non-hydrogen) atoms. The van der Waals surface area contributed by atoms with Gasteiger partial charge in [0, 0.05) is 4.88 Å². The normalized spacial score (nSPS) is 27.5. The second-order valence-corrected chi connectivity index (χ2v) is 6.53. The molecule has 3 nitrogen and oxygen atoms in total. The Balaban J connectivity index is 2.07. The van der Waals surface area contributed by atoms with Crippen molar-refractivity contribution in [2.75, 3.05) is 0 Å². The van der Waals surface area contributed by atoms with Crippen LogP contribution in [0.1, 0.15) is 47.2 Å². The fraction of sp³-hybridized carbons (Fsp3) is 0.571. The fourth-order valence-electron chi connectivity index (χ4n) is 2.36. The van der Waals surface area contributed by atoms with Gasteiger partial charge in [0.05, 0.1) is 10.9 Å². The summed E-state index contributed by atoms with van der Waals surface area (Å²) in [5, 5.41) is 12.3. The summed E-state index contributed by atoms with van der Waals surface area (Å²) in [6.45, 7) is 4.18. The molecule has 0 saturated heterocycles. The highest BCUT2D eigenvalue weighted by Crippen LogP contribution is 2.32. The Morgan fingerprint density at radius 3 is 2.67 bits per heavy atom. The lowest BCUT2D eigenvalue weighted by Gasteiger charge is -2.34. The van der Waals surface area contributed by atoms with E-state index in [2.05, 4.69) is 18.3 Å². The van der Waals surface area contributed by atoms with Crippen LogP contribution >= 0.6 is 11.3 Å². The van der Waals surface area contributed by atoms with Crippen LogP contribution in [-0.4, -0.2) is 11.4 Å². The Morgan fingerprint density at radius 2 is 2.17 bits per heavy atom. The number of thiophene rings is 1. The summed E-state index contributed by atoms with van der Waals surface area (Å²) in [5.41, 5.74) is -0.651. The minimum absolute atomic E-state index is 0.107. The predicted octanol–water partition coefficient (Wildman–Crippen LogP) is 3.26. The van der Waals surface area contributed by atoms with Crippen molar-refractivity contribution in [1.82, 2.24) is 5.32 Å². The molecule has 0 unspecified atom stereocenters. The third kappa shape index (κ3) is 2.73. The van der Waals surface area contributed by atoms with Gasteiger partial charge in [-0.2, -0.15) is 5.26 Å². The molecule has 1 saturated carbocycles. The van der Waals surface area contributed by atoms with Crippen molar-refractivity contribution in [2.45, 2.75) is 45.1 Å². The van der Waals surface area contributed by atoms with Gasteiger partial charge in [-0.15, -0.1) is 11.3 Å². The molecule has 1 aliphatic rings. The van der Waals surface area contributed by atoms with E-state index in [1.54, 1.807) is 0 Å². The molecule has 96 valence electrons. The first-order valence-electron chi connectivity index (χ1n) is 6.35. The van der Waals surface area contributed by atoms with E-state index in [-0.39, 0.29) is 5.91 Å². The number of nitrogens with zero attached hydrogens (tertiary/aromatic N) is 1. The van der Waals surface area contributed by atoms with Crippen molar-refractivity contribution >= 4 is 17.2 Å². The number of hydrogen-bond acceptors (Lipinski definition) is 3. The maximum atomic E-state index is 12.1. The number of carbonyl (C=O) groups excluding carboxylic acids is 1. The second kappa shape index (κ2) is 5.11. The van der Waals surface area contributed by atoms with Gasteiger partial charge in [0.25, 0.3) is 5.91 Å². The van der Waals surface area contributed by atoms with Crippen LogP contribution in [0.5, 0.6) is 0 Å². The molecule has 1 aromatic heterocycles. The van der Waals surface area contributed by atoms with Crippen molar-refractivity contribution < 1.29 is 4.79 Å². The third-order valence-electron chi connectivity index (χ3n) is 3.66. The number of hydrogen-bond donors (Lipinski definition) is 1. The molecule has 1 amide bonds. The van der Waals surface area contributed by atoms with Crippen LogP contribution in [0.25, 0.3) is 0 Å². The molecule has 0 aliphatic heterocycles. The maximum absolute atomic E-state index is 12.1. The van der Waals surface area contributed by atoms with Gasteiger partial charge in [0.2, 0.25) is 0 Å². The van der Waals surface area contributed by atoms with Gasteiger partial charge < -0.3 is 5.32 Å². The first kappa shape index (κ1) is 13.1. The Kier molecular flexibility index (Phi) is 3.72. The quantitative estimate of drug-likeness (QED) is 0.889. The van der Waals surface area contributed by atoms with Gasteiger partial charge in [-0.25, -0.2) is 0 Å². The zero-order valence-corrected chi connectivity index (χ0v) is 11.6. The number of nitriles is 1. The van der Waals surface area contributed by atoms with Crippen LogP contribution in [0.3, 0.4) is 0 Å². The molecular formula is C14H18N2OS. The zero-order chi connectivity index (χ0) is 13.2. The first-order valence-corrected chi connectivity index (χ1v) is 7.16. The summed E-state index contributed by atoms with van der Waals surface area (Å²) < 4.78 is 0. The molecule has 0 spiro atoms. The third-order valence-corrected chi connectivity index (χ3v) is 4.66. The molecule has 2 rings (SSSR count). The second-order valence-electron chi connectivity index (χ2n) is 5.24. The molecule has 1 fully saturated rings. The summed E-state index contributed by atoms with van der Waals surface area (Å²) in [7, 11) is 0. The molecule has 4 heteroatoms. The first-order chi connectivity index (χ1) is 8.54.